The molecule has 0 fully saturated rings. The van der Waals surface area contributed by atoms with E-state index in [-0.39, 0.29) is 19.3 Å². The summed E-state index contributed by atoms with van der Waals surface area (Å²) in [5.41, 5.74) is 12.0. The quantitative estimate of drug-likeness (QED) is 0.0475. The first kappa shape index (κ1) is 38.5. The summed E-state index contributed by atoms with van der Waals surface area (Å²) in [7, 11) is 0. The number of primary amides is 1. The van der Waals surface area contributed by atoms with E-state index >= 15 is 0 Å². The maximum absolute atomic E-state index is 13.1. The molecule has 0 aromatic heterocycles. The molecule has 0 saturated heterocycles. The zero-order chi connectivity index (χ0) is 32.6. The molecule has 0 bridgehead atoms. The highest BCUT2D eigenvalue weighted by Gasteiger charge is 2.34. The van der Waals surface area contributed by atoms with Crippen LogP contribution in [-0.4, -0.2) is 118 Å². The lowest BCUT2D eigenvalue weighted by atomic mass is 10.1. The summed E-state index contributed by atoms with van der Waals surface area (Å²) in [6, 6.07) is -6.82. The number of rotatable bonds is 19. The topological polar surface area (TPSA) is 304 Å². The molecule has 0 spiro atoms. The average Bonchev–Trinajstić information content (AvgIpc) is 2.91. The molecule has 18 nitrogen and oxygen atoms in total. The molecule has 7 atom stereocenters. The number of carbonyl (C=O) groups excluding carboxylic acids is 7. The van der Waals surface area contributed by atoms with E-state index in [9.17, 15) is 43.8 Å². The highest BCUT2D eigenvalue weighted by atomic mass is 32.2. The molecule has 0 radical (unpaired) electrons. The van der Waals surface area contributed by atoms with Crippen molar-refractivity contribution in [3.05, 3.63) is 0 Å². The minimum Gasteiger partial charge on any atom is -0.391 e. The van der Waals surface area contributed by atoms with Crippen LogP contribution < -0.4 is 43.5 Å². The molecule has 0 aliphatic heterocycles. The number of hydrogen-bond acceptors (Lipinski definition) is 12. The summed E-state index contributed by atoms with van der Waals surface area (Å²) in [6.07, 6.45) is -1.68. The summed E-state index contributed by atoms with van der Waals surface area (Å²) in [5, 5.41) is 40.3. The van der Waals surface area contributed by atoms with Gasteiger partial charge in [-0.15, -0.1) is 0 Å². The van der Waals surface area contributed by atoms with Gasteiger partial charge in [0.25, 0.3) is 5.91 Å². The van der Waals surface area contributed by atoms with Crippen LogP contribution in [0.2, 0.25) is 0 Å². The minimum atomic E-state index is -1.63. The number of hydroxylamine groups is 1. The van der Waals surface area contributed by atoms with Crippen LogP contribution in [0.4, 0.5) is 0 Å². The van der Waals surface area contributed by atoms with Gasteiger partial charge in [0.2, 0.25) is 35.4 Å². The van der Waals surface area contributed by atoms with Crippen LogP contribution in [0.15, 0.2) is 0 Å². The van der Waals surface area contributed by atoms with Crippen LogP contribution in [0, 0.1) is 0 Å². The molecule has 2 unspecified atom stereocenters. The number of amides is 7. The van der Waals surface area contributed by atoms with E-state index in [1.165, 1.54) is 38.0 Å². The molecule has 0 aromatic rings. The molecule has 240 valence electrons. The van der Waals surface area contributed by atoms with Gasteiger partial charge in [-0.2, -0.15) is 11.8 Å². The molecule has 13 N–H and O–H groups in total. The lowest BCUT2D eigenvalue weighted by Crippen LogP contribution is -2.62. The van der Waals surface area contributed by atoms with Crippen molar-refractivity contribution in [1.29, 1.82) is 0 Å². The normalized spacial score (nSPS) is 15.8. The van der Waals surface area contributed by atoms with Crippen LogP contribution in [0.1, 0.15) is 40.0 Å². The van der Waals surface area contributed by atoms with Crippen molar-refractivity contribution in [2.45, 2.75) is 82.5 Å². The monoisotopic (exact) mass is 622 g/mol. The van der Waals surface area contributed by atoms with Crippen molar-refractivity contribution in [1.82, 2.24) is 32.1 Å². The Morgan fingerprint density at radius 1 is 0.738 bits per heavy atom. The minimum absolute atomic E-state index is 0.0337. The maximum Gasteiger partial charge on any atom is 0.262 e. The van der Waals surface area contributed by atoms with Gasteiger partial charge >= 0.3 is 0 Å². The number of hydrogen-bond donors (Lipinski definition) is 11. The number of nitrogens with one attached hydrogen (secondary N) is 6. The fraction of sp³-hybridized carbons (Fsp3) is 0.696. The van der Waals surface area contributed by atoms with Gasteiger partial charge in [-0.25, -0.2) is 5.48 Å². The van der Waals surface area contributed by atoms with Crippen LogP contribution in [0.25, 0.3) is 0 Å². The predicted octanol–water partition coefficient (Wildman–Crippen LogP) is -5.33. The highest BCUT2D eigenvalue weighted by Crippen LogP contribution is 2.06. The predicted molar refractivity (Wildman–Crippen MR) is 149 cm³/mol. The largest absolute Gasteiger partial charge is 0.391 e. The Kier molecular flexibility index (Phi) is 17.9. The Morgan fingerprint density at radius 3 is 1.64 bits per heavy atom. The first-order valence-electron chi connectivity index (χ1n) is 12.9. The van der Waals surface area contributed by atoms with Crippen LogP contribution in [0.5, 0.6) is 0 Å². The van der Waals surface area contributed by atoms with Crippen molar-refractivity contribution in [3.8, 4) is 0 Å². The molecule has 7 amide bonds. The second-order valence-electron chi connectivity index (χ2n) is 9.40. The third kappa shape index (κ3) is 14.4. The summed E-state index contributed by atoms with van der Waals surface area (Å²) >= 11 is 1.33. The Hall–Kier alpha value is -3.52. The fourth-order valence-electron chi connectivity index (χ4n) is 3.26. The van der Waals surface area contributed by atoms with Crippen molar-refractivity contribution in [2.24, 2.45) is 11.5 Å². The lowest BCUT2D eigenvalue weighted by molar-refractivity contribution is -0.137. The SMILES string of the molecule is CSCC[C@H](NC(=O)[C@@H](NC(=O)[C@H](CCC(N)=O)NC(=O)[C@H](C)N)C(C)O)C(=O)N[C@H](C(=O)NCC(=O)NO)C(C)O. The number of aliphatic hydroxyl groups excluding tert-OH is 2. The molecule has 42 heavy (non-hydrogen) atoms. The second kappa shape index (κ2) is 19.6. The van der Waals surface area contributed by atoms with Gasteiger partial charge in [-0.1, -0.05) is 0 Å². The highest BCUT2D eigenvalue weighted by molar-refractivity contribution is 7.98. The Bertz CT molecular complexity index is 966. The fourth-order valence-corrected chi connectivity index (χ4v) is 3.73. The third-order valence-corrected chi connectivity index (χ3v) is 6.29. The standard InChI is InChI=1S/C23H42N8O10S/c1-10(24)19(36)27-13(5-6-15(25)34)20(37)30-18(12(3)33)23(40)28-14(7-8-42-4)21(38)29-17(11(2)32)22(39)26-9-16(35)31-41/h10-14,17-18,32-33,41H,5-9,24H2,1-4H3,(H2,25,34)(H,26,39)(H,27,36)(H,28,40)(H,29,38)(H,30,37)(H,31,35)/t10-,11?,12?,13-,14-,17-,18-/m0/s1. The van der Waals surface area contributed by atoms with Gasteiger partial charge in [0.05, 0.1) is 24.8 Å². The van der Waals surface area contributed by atoms with Gasteiger partial charge in [-0.05, 0) is 45.6 Å². The van der Waals surface area contributed by atoms with Gasteiger partial charge in [-0.3, -0.25) is 38.8 Å². The summed E-state index contributed by atoms with van der Waals surface area (Å²) in [5.74, 6) is -5.87. The van der Waals surface area contributed by atoms with E-state index in [4.69, 9.17) is 16.7 Å². The van der Waals surface area contributed by atoms with E-state index in [0.717, 1.165) is 0 Å². The van der Waals surface area contributed by atoms with E-state index < -0.39 is 90.3 Å². The first-order chi connectivity index (χ1) is 19.5. The Morgan fingerprint density at radius 2 is 1.21 bits per heavy atom. The Balaban J connectivity index is 5.79. The van der Waals surface area contributed by atoms with Crippen molar-refractivity contribution in [3.63, 3.8) is 0 Å². The molecule has 0 aromatic carbocycles. The molecule has 0 saturated carbocycles. The van der Waals surface area contributed by atoms with Crippen LogP contribution in [0.3, 0.4) is 0 Å². The first-order valence-corrected chi connectivity index (χ1v) is 14.3. The summed E-state index contributed by atoms with van der Waals surface area (Å²) in [4.78, 5) is 86.0. The molecular weight excluding hydrogens is 580 g/mol. The van der Waals surface area contributed by atoms with Crippen LogP contribution in [-0.2, 0) is 33.6 Å². The Labute approximate surface area is 246 Å². The smallest absolute Gasteiger partial charge is 0.262 e. The molecule has 0 rings (SSSR count). The maximum atomic E-state index is 13.1. The second-order valence-corrected chi connectivity index (χ2v) is 10.4. The zero-order valence-corrected chi connectivity index (χ0v) is 24.7. The van der Waals surface area contributed by atoms with Crippen molar-refractivity contribution >= 4 is 53.1 Å². The van der Waals surface area contributed by atoms with Crippen molar-refractivity contribution in [2.75, 3.05) is 18.6 Å². The van der Waals surface area contributed by atoms with E-state index in [2.05, 4.69) is 26.6 Å². The molecular formula is C23H42N8O10S. The number of nitrogens with two attached hydrogens (primary N) is 2. The van der Waals surface area contributed by atoms with Crippen molar-refractivity contribution < 1.29 is 49.0 Å². The molecule has 19 heteroatoms. The summed E-state index contributed by atoms with van der Waals surface area (Å²) < 4.78 is 0. The molecule has 0 heterocycles. The molecule has 0 aliphatic rings. The number of thioether (sulfide) groups is 1. The third-order valence-electron chi connectivity index (χ3n) is 5.64. The zero-order valence-electron chi connectivity index (χ0n) is 23.8. The van der Waals surface area contributed by atoms with Gasteiger partial charge in [0, 0.05) is 6.42 Å². The van der Waals surface area contributed by atoms with E-state index in [1.807, 2.05) is 0 Å². The number of aliphatic hydroxyl groups is 2. The van der Waals surface area contributed by atoms with E-state index in [1.54, 1.807) is 6.26 Å². The van der Waals surface area contributed by atoms with Gasteiger partial charge < -0.3 is 48.3 Å². The average molecular weight is 623 g/mol. The van der Waals surface area contributed by atoms with E-state index in [0.29, 0.717) is 5.75 Å². The number of carbonyl (C=O) groups is 7. The van der Waals surface area contributed by atoms with Gasteiger partial charge in [0.1, 0.15) is 24.2 Å². The molecule has 0 aliphatic carbocycles. The van der Waals surface area contributed by atoms with Crippen LogP contribution >= 0.6 is 11.8 Å². The lowest BCUT2D eigenvalue weighted by Gasteiger charge is -2.28. The summed E-state index contributed by atoms with van der Waals surface area (Å²) in [6.45, 7) is 3.10. The van der Waals surface area contributed by atoms with Gasteiger partial charge in [0.15, 0.2) is 0 Å².